The van der Waals surface area contributed by atoms with E-state index in [1.165, 1.54) is 13.4 Å². The molecule has 0 unspecified atom stereocenters. The third-order valence-corrected chi connectivity index (χ3v) is 2.67. The maximum Gasteiger partial charge on any atom is 0.305 e. The third kappa shape index (κ3) is 4.85. The zero-order valence-corrected chi connectivity index (χ0v) is 10.1. The molecule has 0 spiro atoms. The Kier molecular flexibility index (Phi) is 6.07. The minimum atomic E-state index is -0.153. The minimum absolute atomic E-state index is 0.153. The van der Waals surface area contributed by atoms with E-state index in [9.17, 15) is 9.59 Å². The fourth-order valence-corrected chi connectivity index (χ4v) is 1.67. The predicted octanol–water partition coefficient (Wildman–Crippen LogP) is 2.76. The van der Waals surface area contributed by atoms with Crippen LogP contribution in [0.3, 0.4) is 0 Å². The Morgan fingerprint density at radius 2 is 2.12 bits per heavy atom. The lowest BCUT2D eigenvalue weighted by atomic mass is 10.1. The van der Waals surface area contributed by atoms with Gasteiger partial charge in [-0.1, -0.05) is 12.8 Å². The van der Waals surface area contributed by atoms with Crippen molar-refractivity contribution in [1.29, 1.82) is 0 Å². The van der Waals surface area contributed by atoms with Gasteiger partial charge in [-0.15, -0.1) is 0 Å². The number of rotatable bonds is 8. The van der Waals surface area contributed by atoms with Crippen LogP contribution in [0.2, 0.25) is 0 Å². The van der Waals surface area contributed by atoms with Gasteiger partial charge in [0, 0.05) is 12.8 Å². The molecule has 1 aromatic rings. The molecule has 0 bridgehead atoms. The molecule has 1 rings (SSSR count). The second-order valence-electron chi connectivity index (χ2n) is 3.91. The summed E-state index contributed by atoms with van der Waals surface area (Å²) in [5, 5.41) is 0. The number of methoxy groups -OCH3 is 1. The van der Waals surface area contributed by atoms with Crippen molar-refractivity contribution in [2.45, 2.75) is 38.5 Å². The molecular formula is C13H18O4. The first kappa shape index (κ1) is 13.5. The Morgan fingerprint density at radius 1 is 1.35 bits per heavy atom. The van der Waals surface area contributed by atoms with E-state index in [0.29, 0.717) is 12.0 Å². The molecule has 0 N–H and O–H groups in total. The molecule has 94 valence electrons. The average Bonchev–Trinajstić information content (AvgIpc) is 2.80. The highest BCUT2D eigenvalue weighted by Crippen LogP contribution is 2.13. The Hall–Kier alpha value is -1.58. The Balaban J connectivity index is 2.08. The molecule has 0 aromatic carbocycles. The fraction of sp³-hybridized carbons (Fsp3) is 0.538. The number of aryl methyl sites for hydroxylation is 1. The van der Waals surface area contributed by atoms with Gasteiger partial charge < -0.3 is 9.15 Å². The quantitative estimate of drug-likeness (QED) is 0.397. The molecule has 17 heavy (non-hydrogen) atoms. The lowest BCUT2D eigenvalue weighted by Crippen LogP contribution is -1.99. The molecule has 4 heteroatoms. The number of carbonyl (C=O) groups excluding carboxylic acids is 2. The van der Waals surface area contributed by atoms with Gasteiger partial charge in [-0.05, 0) is 18.9 Å². The van der Waals surface area contributed by atoms with Crippen LogP contribution in [0.25, 0.3) is 0 Å². The Morgan fingerprint density at radius 3 is 2.82 bits per heavy atom. The van der Waals surface area contributed by atoms with E-state index in [-0.39, 0.29) is 5.97 Å². The van der Waals surface area contributed by atoms with E-state index in [1.807, 2.05) is 0 Å². The van der Waals surface area contributed by atoms with E-state index >= 15 is 0 Å². The van der Waals surface area contributed by atoms with Crippen LogP contribution in [0.1, 0.15) is 48.2 Å². The number of aldehydes is 1. The molecule has 4 nitrogen and oxygen atoms in total. The molecule has 0 fully saturated rings. The summed E-state index contributed by atoms with van der Waals surface area (Å²) in [6, 6.07) is 1.68. The van der Waals surface area contributed by atoms with Gasteiger partial charge in [0.15, 0.2) is 6.29 Å². The molecule has 0 amide bonds. The van der Waals surface area contributed by atoms with Crippen LogP contribution in [-0.2, 0) is 16.0 Å². The monoisotopic (exact) mass is 238 g/mol. The van der Waals surface area contributed by atoms with E-state index in [4.69, 9.17) is 4.42 Å². The fourth-order valence-electron chi connectivity index (χ4n) is 1.67. The molecule has 0 aliphatic carbocycles. The van der Waals surface area contributed by atoms with Crippen LogP contribution in [0.4, 0.5) is 0 Å². The maximum atomic E-state index is 10.8. The number of furan rings is 1. The van der Waals surface area contributed by atoms with Crippen LogP contribution in [0, 0.1) is 0 Å². The van der Waals surface area contributed by atoms with E-state index in [2.05, 4.69) is 4.74 Å². The first-order valence-electron chi connectivity index (χ1n) is 5.86. The van der Waals surface area contributed by atoms with E-state index < -0.39 is 0 Å². The highest BCUT2D eigenvalue weighted by Gasteiger charge is 2.05. The van der Waals surface area contributed by atoms with Crippen LogP contribution in [0.15, 0.2) is 16.7 Å². The zero-order chi connectivity index (χ0) is 12.5. The summed E-state index contributed by atoms with van der Waals surface area (Å²) >= 11 is 0. The van der Waals surface area contributed by atoms with E-state index in [1.54, 1.807) is 6.07 Å². The number of hydrogen-bond donors (Lipinski definition) is 0. The molecule has 1 aromatic heterocycles. The number of esters is 1. The molecule has 0 aliphatic heterocycles. The smallest absolute Gasteiger partial charge is 0.305 e. The molecule has 0 aliphatic rings. The van der Waals surface area contributed by atoms with Gasteiger partial charge in [-0.25, -0.2) is 0 Å². The van der Waals surface area contributed by atoms with Gasteiger partial charge in [0.25, 0.3) is 0 Å². The van der Waals surface area contributed by atoms with Crippen molar-refractivity contribution >= 4 is 12.3 Å². The van der Waals surface area contributed by atoms with Crippen molar-refractivity contribution in [2.24, 2.45) is 0 Å². The lowest BCUT2D eigenvalue weighted by molar-refractivity contribution is -0.140. The first-order chi connectivity index (χ1) is 8.27. The second-order valence-corrected chi connectivity index (χ2v) is 3.91. The summed E-state index contributed by atoms with van der Waals surface area (Å²) < 4.78 is 9.77. The van der Waals surface area contributed by atoms with Gasteiger partial charge in [0.05, 0.1) is 18.9 Å². The van der Waals surface area contributed by atoms with Gasteiger partial charge in [-0.2, -0.15) is 0 Å². The van der Waals surface area contributed by atoms with Crippen molar-refractivity contribution in [1.82, 2.24) is 0 Å². The Labute approximate surface area is 101 Å². The highest BCUT2D eigenvalue weighted by atomic mass is 16.5. The maximum absolute atomic E-state index is 10.8. The lowest BCUT2D eigenvalue weighted by Gasteiger charge is -2.00. The third-order valence-electron chi connectivity index (χ3n) is 2.67. The summed E-state index contributed by atoms with van der Waals surface area (Å²) in [6.07, 6.45) is 7.45. The van der Waals surface area contributed by atoms with Gasteiger partial charge in [0.2, 0.25) is 0 Å². The molecular weight excluding hydrogens is 220 g/mol. The standard InChI is InChI=1S/C13H18O4/c1-16-13(15)7-5-3-2-4-6-12-11(10-14)8-9-17-12/h8-10H,2-7H2,1H3. The molecule has 0 saturated carbocycles. The van der Waals surface area contributed by atoms with Crippen LogP contribution >= 0.6 is 0 Å². The predicted molar refractivity (Wildman–Crippen MR) is 62.9 cm³/mol. The summed E-state index contributed by atoms with van der Waals surface area (Å²) in [7, 11) is 1.40. The normalized spacial score (nSPS) is 10.2. The second kappa shape index (κ2) is 7.65. The first-order valence-corrected chi connectivity index (χ1v) is 5.86. The van der Waals surface area contributed by atoms with Crippen LogP contribution in [0.5, 0.6) is 0 Å². The van der Waals surface area contributed by atoms with Gasteiger partial charge in [0.1, 0.15) is 5.76 Å². The largest absolute Gasteiger partial charge is 0.469 e. The van der Waals surface area contributed by atoms with Crippen molar-refractivity contribution < 1.29 is 18.7 Å². The number of unbranched alkanes of at least 4 members (excludes halogenated alkanes) is 3. The summed E-state index contributed by atoms with van der Waals surface area (Å²) in [4.78, 5) is 21.5. The molecule has 1 heterocycles. The minimum Gasteiger partial charge on any atom is -0.469 e. The number of carbonyl (C=O) groups is 2. The Bertz CT molecular complexity index is 354. The molecule has 0 radical (unpaired) electrons. The van der Waals surface area contributed by atoms with Crippen molar-refractivity contribution in [3.63, 3.8) is 0 Å². The topological polar surface area (TPSA) is 56.5 Å². The van der Waals surface area contributed by atoms with Crippen molar-refractivity contribution in [3.8, 4) is 0 Å². The van der Waals surface area contributed by atoms with Crippen molar-refractivity contribution in [2.75, 3.05) is 7.11 Å². The highest BCUT2D eigenvalue weighted by molar-refractivity contribution is 5.75. The van der Waals surface area contributed by atoms with Crippen molar-refractivity contribution in [3.05, 3.63) is 23.7 Å². The zero-order valence-electron chi connectivity index (χ0n) is 10.1. The van der Waals surface area contributed by atoms with Crippen LogP contribution < -0.4 is 0 Å². The SMILES string of the molecule is COC(=O)CCCCCCc1occc1C=O. The number of ether oxygens (including phenoxy) is 1. The van der Waals surface area contributed by atoms with E-state index in [0.717, 1.165) is 44.2 Å². The van der Waals surface area contributed by atoms with Gasteiger partial charge in [-0.3, -0.25) is 9.59 Å². The summed E-state index contributed by atoms with van der Waals surface area (Å²) in [5.74, 6) is 0.604. The summed E-state index contributed by atoms with van der Waals surface area (Å²) in [5.41, 5.74) is 0.638. The van der Waals surface area contributed by atoms with Crippen LogP contribution in [-0.4, -0.2) is 19.4 Å². The summed E-state index contributed by atoms with van der Waals surface area (Å²) in [6.45, 7) is 0. The average molecular weight is 238 g/mol. The molecule has 0 saturated heterocycles. The molecule has 0 atom stereocenters. The van der Waals surface area contributed by atoms with Gasteiger partial charge >= 0.3 is 5.97 Å². The number of hydrogen-bond acceptors (Lipinski definition) is 4.